The lowest BCUT2D eigenvalue weighted by molar-refractivity contribution is 0.0830. The molecule has 1 aliphatic heterocycles. The molecule has 6 nitrogen and oxygen atoms in total. The maximum absolute atomic E-state index is 12.6. The fraction of sp³-hybridized carbons (Fsp3) is 0.750. The van der Waals surface area contributed by atoms with Gasteiger partial charge in [0, 0.05) is 19.8 Å². The van der Waals surface area contributed by atoms with Crippen molar-refractivity contribution in [3.05, 3.63) is 12.0 Å². The minimum Gasteiger partial charge on any atom is -0.392 e. The van der Waals surface area contributed by atoms with Crippen molar-refractivity contribution in [3.63, 3.8) is 0 Å². The number of piperidine rings is 1. The van der Waals surface area contributed by atoms with Crippen molar-refractivity contribution in [2.45, 2.75) is 50.3 Å². The van der Waals surface area contributed by atoms with Gasteiger partial charge in [-0.15, -0.1) is 0 Å². The number of hydrogen-bond acceptors (Lipinski definition) is 4. The quantitative estimate of drug-likeness (QED) is 0.886. The van der Waals surface area contributed by atoms with E-state index < -0.39 is 16.1 Å². The molecular formula is C12H21N3O3S. The van der Waals surface area contributed by atoms with Gasteiger partial charge in [0.1, 0.15) is 5.82 Å². The number of aryl methyl sites for hydroxylation is 2. The molecule has 2 rings (SSSR count). The first-order valence-electron chi connectivity index (χ1n) is 6.54. The first kappa shape index (κ1) is 14.5. The zero-order valence-electron chi connectivity index (χ0n) is 11.6. The molecule has 0 amide bonds. The van der Waals surface area contributed by atoms with Crippen molar-refractivity contribution in [1.82, 2.24) is 13.9 Å². The predicted octanol–water partition coefficient (Wildman–Crippen LogP) is 0.653. The highest BCUT2D eigenvalue weighted by molar-refractivity contribution is 7.89. The SMILES string of the molecule is Cc1nc(S(=O)(=O)N2CCCCC2C(C)O)cn1C. The van der Waals surface area contributed by atoms with Crippen molar-refractivity contribution in [3.8, 4) is 0 Å². The third-order valence-electron chi connectivity index (χ3n) is 3.71. The summed E-state index contributed by atoms with van der Waals surface area (Å²) in [4.78, 5) is 4.10. The number of aliphatic hydroxyl groups is 1. The van der Waals surface area contributed by atoms with Crippen molar-refractivity contribution in [2.24, 2.45) is 7.05 Å². The minimum absolute atomic E-state index is 0.0695. The topological polar surface area (TPSA) is 75.4 Å². The van der Waals surface area contributed by atoms with Crippen LogP contribution in [0, 0.1) is 6.92 Å². The second-order valence-corrected chi connectivity index (χ2v) is 6.99. The summed E-state index contributed by atoms with van der Waals surface area (Å²) in [5.41, 5.74) is 0. The molecule has 0 saturated carbocycles. The van der Waals surface area contributed by atoms with Crippen LogP contribution in [0.25, 0.3) is 0 Å². The molecule has 19 heavy (non-hydrogen) atoms. The third kappa shape index (κ3) is 2.68. The maximum Gasteiger partial charge on any atom is 0.262 e. The van der Waals surface area contributed by atoms with Gasteiger partial charge >= 0.3 is 0 Å². The molecule has 1 aromatic heterocycles. The lowest BCUT2D eigenvalue weighted by Gasteiger charge is -2.35. The Kier molecular flexibility index (Phi) is 3.98. The lowest BCUT2D eigenvalue weighted by atomic mass is 10.0. The average Bonchev–Trinajstić information content (AvgIpc) is 2.70. The fourth-order valence-corrected chi connectivity index (χ4v) is 4.27. The monoisotopic (exact) mass is 287 g/mol. The summed E-state index contributed by atoms with van der Waals surface area (Å²) in [6.07, 6.45) is 3.33. The van der Waals surface area contributed by atoms with Gasteiger partial charge in [0.2, 0.25) is 0 Å². The largest absolute Gasteiger partial charge is 0.392 e. The van der Waals surface area contributed by atoms with Crippen LogP contribution in [0.1, 0.15) is 32.0 Å². The molecule has 1 fully saturated rings. The molecule has 1 N–H and O–H groups in total. The molecule has 2 atom stereocenters. The molecule has 1 aliphatic rings. The van der Waals surface area contributed by atoms with Crippen LogP contribution in [-0.2, 0) is 17.1 Å². The number of aliphatic hydroxyl groups excluding tert-OH is 1. The van der Waals surface area contributed by atoms with Gasteiger partial charge in [-0.1, -0.05) is 6.42 Å². The smallest absolute Gasteiger partial charge is 0.262 e. The Bertz CT molecular complexity index is 531. The van der Waals surface area contributed by atoms with Gasteiger partial charge in [-0.3, -0.25) is 0 Å². The number of nitrogens with zero attached hydrogens (tertiary/aromatic N) is 3. The van der Waals surface area contributed by atoms with Gasteiger partial charge in [0.25, 0.3) is 10.0 Å². The Hall–Kier alpha value is -0.920. The summed E-state index contributed by atoms with van der Waals surface area (Å²) in [6, 6.07) is -0.346. The summed E-state index contributed by atoms with van der Waals surface area (Å²) in [6.45, 7) is 3.86. The summed E-state index contributed by atoms with van der Waals surface area (Å²) >= 11 is 0. The number of hydrogen-bond donors (Lipinski definition) is 1. The van der Waals surface area contributed by atoms with Gasteiger partial charge in [-0.25, -0.2) is 13.4 Å². The van der Waals surface area contributed by atoms with E-state index in [0.29, 0.717) is 18.8 Å². The fourth-order valence-electron chi connectivity index (χ4n) is 2.48. The Balaban J connectivity index is 2.37. The van der Waals surface area contributed by atoms with Gasteiger partial charge in [-0.05, 0) is 26.7 Å². The normalized spacial score (nSPS) is 23.5. The van der Waals surface area contributed by atoms with E-state index in [0.717, 1.165) is 12.8 Å². The van der Waals surface area contributed by atoms with Crippen LogP contribution >= 0.6 is 0 Å². The molecule has 2 heterocycles. The number of rotatable bonds is 3. The van der Waals surface area contributed by atoms with Crippen molar-refractivity contribution in [2.75, 3.05) is 6.54 Å². The second-order valence-electron chi connectivity index (χ2n) is 5.16. The van der Waals surface area contributed by atoms with E-state index in [2.05, 4.69) is 4.98 Å². The Morgan fingerprint density at radius 2 is 2.16 bits per heavy atom. The Labute approximate surface area is 114 Å². The second kappa shape index (κ2) is 5.22. The summed E-state index contributed by atoms with van der Waals surface area (Å²) in [5.74, 6) is 0.657. The van der Waals surface area contributed by atoms with Crippen molar-refractivity contribution < 1.29 is 13.5 Å². The van der Waals surface area contributed by atoms with Gasteiger partial charge in [-0.2, -0.15) is 4.31 Å². The van der Waals surface area contributed by atoms with Crippen LogP contribution in [0.3, 0.4) is 0 Å². The van der Waals surface area contributed by atoms with Crippen LogP contribution in [0.2, 0.25) is 0 Å². The van der Waals surface area contributed by atoms with Crippen LogP contribution in [0.5, 0.6) is 0 Å². The standard InChI is InChI=1S/C12H21N3O3S/c1-9(16)11-6-4-5-7-15(11)19(17,18)12-8-14(3)10(2)13-12/h8-9,11,16H,4-7H2,1-3H3. The van der Waals surface area contributed by atoms with Crippen LogP contribution < -0.4 is 0 Å². The lowest BCUT2D eigenvalue weighted by Crippen LogP contribution is -2.48. The Morgan fingerprint density at radius 3 is 2.68 bits per heavy atom. The van der Waals surface area contributed by atoms with E-state index in [4.69, 9.17) is 0 Å². The van der Waals surface area contributed by atoms with Crippen molar-refractivity contribution >= 4 is 10.0 Å². The van der Waals surface area contributed by atoms with E-state index >= 15 is 0 Å². The molecule has 7 heteroatoms. The molecule has 1 saturated heterocycles. The molecule has 0 radical (unpaired) electrons. The molecule has 108 valence electrons. The highest BCUT2D eigenvalue weighted by Crippen LogP contribution is 2.26. The van der Waals surface area contributed by atoms with E-state index in [9.17, 15) is 13.5 Å². The van der Waals surface area contributed by atoms with Crippen LogP contribution in [0.4, 0.5) is 0 Å². The van der Waals surface area contributed by atoms with Crippen LogP contribution in [-0.4, -0.2) is 46.1 Å². The number of sulfonamides is 1. The van der Waals surface area contributed by atoms with Gasteiger partial charge in [0.05, 0.1) is 12.1 Å². The maximum atomic E-state index is 12.6. The molecule has 0 aliphatic carbocycles. The molecular weight excluding hydrogens is 266 g/mol. The summed E-state index contributed by atoms with van der Waals surface area (Å²) in [7, 11) is -1.85. The zero-order valence-corrected chi connectivity index (χ0v) is 12.4. The van der Waals surface area contributed by atoms with E-state index in [1.54, 1.807) is 25.5 Å². The molecule has 0 bridgehead atoms. The summed E-state index contributed by atoms with van der Waals surface area (Å²) < 4.78 is 28.3. The molecule has 0 spiro atoms. The molecule has 1 aromatic rings. The summed E-state index contributed by atoms with van der Waals surface area (Å²) in [5, 5.41) is 9.86. The predicted molar refractivity (Wildman–Crippen MR) is 71.2 cm³/mol. The highest BCUT2D eigenvalue weighted by Gasteiger charge is 2.37. The number of aromatic nitrogens is 2. The average molecular weight is 287 g/mol. The first-order chi connectivity index (χ1) is 8.84. The molecule has 2 unspecified atom stereocenters. The zero-order chi connectivity index (χ0) is 14.2. The molecule has 0 aromatic carbocycles. The third-order valence-corrected chi connectivity index (χ3v) is 5.51. The van der Waals surface area contributed by atoms with Crippen LogP contribution in [0.15, 0.2) is 11.2 Å². The highest BCUT2D eigenvalue weighted by atomic mass is 32.2. The minimum atomic E-state index is -3.62. The van der Waals surface area contributed by atoms with E-state index in [-0.39, 0.29) is 11.1 Å². The first-order valence-corrected chi connectivity index (χ1v) is 7.98. The Morgan fingerprint density at radius 1 is 1.47 bits per heavy atom. The van der Waals surface area contributed by atoms with E-state index in [1.807, 2.05) is 0 Å². The number of imidazole rings is 1. The van der Waals surface area contributed by atoms with Crippen molar-refractivity contribution in [1.29, 1.82) is 0 Å². The van der Waals surface area contributed by atoms with Gasteiger partial charge < -0.3 is 9.67 Å². The van der Waals surface area contributed by atoms with Gasteiger partial charge in [0.15, 0.2) is 5.03 Å². The van der Waals surface area contributed by atoms with E-state index in [1.165, 1.54) is 10.5 Å².